The maximum atomic E-state index is 8.21. The molecule has 0 aromatic rings. The van der Waals surface area contributed by atoms with E-state index in [1.807, 2.05) is 11.8 Å². The Labute approximate surface area is 67.8 Å². The van der Waals surface area contributed by atoms with E-state index >= 15 is 0 Å². The Bertz CT molecular complexity index is 104. The van der Waals surface area contributed by atoms with Gasteiger partial charge in [0.15, 0.2) is 0 Å². The summed E-state index contributed by atoms with van der Waals surface area (Å²) in [6.45, 7) is 4.45. The molecule has 1 nitrogen and oxygen atoms in total. The maximum absolute atomic E-state index is 8.21. The number of hydrogen-bond acceptors (Lipinski definition) is 2. The highest BCUT2D eigenvalue weighted by Crippen LogP contribution is 2.08. The standard InChI is InChI=1S/C8H15NS/c1-8(2)4-7-10-6-3-5-9/h8H,3-4,6-7H2,1-2H3. The van der Waals surface area contributed by atoms with Crippen LogP contribution in [-0.2, 0) is 0 Å². The van der Waals surface area contributed by atoms with Gasteiger partial charge in [-0.05, 0) is 18.1 Å². The average molecular weight is 157 g/mol. The highest BCUT2D eigenvalue weighted by atomic mass is 32.2. The van der Waals surface area contributed by atoms with E-state index in [2.05, 4.69) is 19.9 Å². The van der Waals surface area contributed by atoms with E-state index in [1.54, 1.807) is 0 Å². The van der Waals surface area contributed by atoms with Crippen LogP contribution in [0.3, 0.4) is 0 Å². The first-order valence-electron chi connectivity index (χ1n) is 3.72. The van der Waals surface area contributed by atoms with Crippen molar-refractivity contribution in [1.29, 1.82) is 5.26 Å². The molecule has 0 unspecified atom stereocenters. The summed E-state index contributed by atoms with van der Waals surface area (Å²) in [7, 11) is 0. The zero-order valence-electron chi connectivity index (χ0n) is 6.76. The Morgan fingerprint density at radius 2 is 2.10 bits per heavy atom. The summed E-state index contributed by atoms with van der Waals surface area (Å²) >= 11 is 1.88. The average Bonchev–Trinajstić information content (AvgIpc) is 1.87. The van der Waals surface area contributed by atoms with Crippen LogP contribution in [0.4, 0.5) is 0 Å². The lowest BCUT2D eigenvalue weighted by Gasteiger charge is -2.01. The molecule has 0 bridgehead atoms. The fourth-order valence-electron chi connectivity index (χ4n) is 0.539. The van der Waals surface area contributed by atoms with Crippen molar-refractivity contribution >= 4 is 11.8 Å². The van der Waals surface area contributed by atoms with Crippen molar-refractivity contribution in [2.45, 2.75) is 26.7 Å². The molecular formula is C8H15NS. The van der Waals surface area contributed by atoms with E-state index in [-0.39, 0.29) is 0 Å². The molecule has 0 N–H and O–H groups in total. The van der Waals surface area contributed by atoms with Crippen LogP contribution >= 0.6 is 11.8 Å². The molecule has 0 fully saturated rings. The van der Waals surface area contributed by atoms with Crippen LogP contribution in [0.5, 0.6) is 0 Å². The summed E-state index contributed by atoms with van der Waals surface area (Å²) < 4.78 is 0. The van der Waals surface area contributed by atoms with Gasteiger partial charge in [0.05, 0.1) is 6.07 Å². The van der Waals surface area contributed by atoms with E-state index in [9.17, 15) is 0 Å². The highest BCUT2D eigenvalue weighted by molar-refractivity contribution is 7.99. The predicted molar refractivity (Wildman–Crippen MR) is 47.0 cm³/mol. The van der Waals surface area contributed by atoms with Crippen LogP contribution < -0.4 is 0 Å². The van der Waals surface area contributed by atoms with Gasteiger partial charge in [0, 0.05) is 12.2 Å². The third kappa shape index (κ3) is 7.84. The fourth-order valence-corrected chi connectivity index (χ4v) is 1.62. The fraction of sp³-hybridized carbons (Fsp3) is 0.875. The first-order valence-corrected chi connectivity index (χ1v) is 4.87. The molecule has 2 heteroatoms. The Morgan fingerprint density at radius 1 is 1.40 bits per heavy atom. The minimum atomic E-state index is 0.697. The SMILES string of the molecule is CC(C)CCSCCC#N. The van der Waals surface area contributed by atoms with Crippen LogP contribution in [0, 0.1) is 17.2 Å². The molecule has 0 atom stereocenters. The summed E-state index contributed by atoms with van der Waals surface area (Å²) in [4.78, 5) is 0. The van der Waals surface area contributed by atoms with Gasteiger partial charge < -0.3 is 0 Å². The van der Waals surface area contributed by atoms with Gasteiger partial charge in [0.25, 0.3) is 0 Å². The molecule has 10 heavy (non-hydrogen) atoms. The molecule has 0 aliphatic heterocycles. The Balaban J connectivity index is 2.86. The quantitative estimate of drug-likeness (QED) is 0.573. The second-order valence-electron chi connectivity index (χ2n) is 2.70. The molecular weight excluding hydrogens is 142 g/mol. The van der Waals surface area contributed by atoms with Crippen molar-refractivity contribution in [2.75, 3.05) is 11.5 Å². The second-order valence-corrected chi connectivity index (χ2v) is 3.93. The van der Waals surface area contributed by atoms with Gasteiger partial charge in [-0.1, -0.05) is 13.8 Å². The molecule has 58 valence electrons. The zero-order valence-corrected chi connectivity index (χ0v) is 7.58. The van der Waals surface area contributed by atoms with Gasteiger partial charge in [-0.25, -0.2) is 0 Å². The molecule has 0 heterocycles. The lowest BCUT2D eigenvalue weighted by molar-refractivity contribution is 0.632. The van der Waals surface area contributed by atoms with Crippen molar-refractivity contribution in [1.82, 2.24) is 0 Å². The van der Waals surface area contributed by atoms with Gasteiger partial charge in [-0.2, -0.15) is 17.0 Å². The van der Waals surface area contributed by atoms with Crippen LogP contribution in [0.2, 0.25) is 0 Å². The zero-order chi connectivity index (χ0) is 7.82. The molecule has 0 spiro atoms. The highest BCUT2D eigenvalue weighted by Gasteiger charge is 1.92. The molecule has 0 radical (unpaired) electrons. The van der Waals surface area contributed by atoms with Gasteiger partial charge >= 0.3 is 0 Å². The van der Waals surface area contributed by atoms with E-state index in [1.165, 1.54) is 12.2 Å². The van der Waals surface area contributed by atoms with E-state index in [0.29, 0.717) is 6.42 Å². The largest absolute Gasteiger partial charge is 0.198 e. The summed E-state index contributed by atoms with van der Waals surface area (Å²) in [5, 5.41) is 8.21. The number of nitriles is 1. The van der Waals surface area contributed by atoms with Gasteiger partial charge in [-0.3, -0.25) is 0 Å². The van der Waals surface area contributed by atoms with Crippen molar-refractivity contribution in [3.63, 3.8) is 0 Å². The first-order chi connectivity index (χ1) is 4.77. The number of rotatable bonds is 5. The van der Waals surface area contributed by atoms with Gasteiger partial charge in [0.1, 0.15) is 0 Å². The number of nitrogens with zero attached hydrogens (tertiary/aromatic N) is 1. The summed E-state index contributed by atoms with van der Waals surface area (Å²) in [5.41, 5.74) is 0. The minimum absolute atomic E-state index is 0.697. The molecule has 0 aromatic heterocycles. The third-order valence-corrected chi connectivity index (χ3v) is 2.21. The Morgan fingerprint density at radius 3 is 2.60 bits per heavy atom. The summed E-state index contributed by atoms with van der Waals surface area (Å²) in [5.74, 6) is 3.01. The Hall–Kier alpha value is -0.160. The summed E-state index contributed by atoms with van der Waals surface area (Å²) in [6, 6.07) is 2.13. The molecule has 0 rings (SSSR count). The third-order valence-electron chi connectivity index (χ3n) is 1.20. The second kappa shape index (κ2) is 6.95. The normalized spacial score (nSPS) is 9.80. The van der Waals surface area contributed by atoms with E-state index in [4.69, 9.17) is 5.26 Å². The predicted octanol–water partition coefficient (Wildman–Crippen LogP) is 2.68. The van der Waals surface area contributed by atoms with Crippen molar-refractivity contribution < 1.29 is 0 Å². The lowest BCUT2D eigenvalue weighted by Crippen LogP contribution is -1.90. The molecule has 0 saturated carbocycles. The van der Waals surface area contributed by atoms with Crippen LogP contribution in [0.25, 0.3) is 0 Å². The topological polar surface area (TPSA) is 23.8 Å². The van der Waals surface area contributed by atoms with Crippen LogP contribution in [0.1, 0.15) is 26.7 Å². The molecule has 0 aliphatic carbocycles. The smallest absolute Gasteiger partial charge is 0.0630 e. The lowest BCUT2D eigenvalue weighted by atomic mass is 10.2. The number of thioether (sulfide) groups is 1. The van der Waals surface area contributed by atoms with Crippen molar-refractivity contribution in [3.05, 3.63) is 0 Å². The first kappa shape index (κ1) is 9.84. The van der Waals surface area contributed by atoms with Crippen molar-refractivity contribution in [3.8, 4) is 6.07 Å². The van der Waals surface area contributed by atoms with E-state index < -0.39 is 0 Å². The minimum Gasteiger partial charge on any atom is -0.198 e. The molecule has 0 aromatic carbocycles. The Kier molecular flexibility index (Phi) is 6.84. The van der Waals surface area contributed by atoms with E-state index in [0.717, 1.165) is 11.7 Å². The van der Waals surface area contributed by atoms with Crippen LogP contribution in [-0.4, -0.2) is 11.5 Å². The molecule has 0 saturated heterocycles. The van der Waals surface area contributed by atoms with Crippen molar-refractivity contribution in [2.24, 2.45) is 5.92 Å². The monoisotopic (exact) mass is 157 g/mol. The summed E-state index contributed by atoms with van der Waals surface area (Å²) in [6.07, 6.45) is 1.97. The molecule has 0 aliphatic rings. The molecule has 0 amide bonds. The maximum Gasteiger partial charge on any atom is 0.0630 e. The van der Waals surface area contributed by atoms with Gasteiger partial charge in [-0.15, -0.1) is 0 Å². The van der Waals surface area contributed by atoms with Gasteiger partial charge in [0.2, 0.25) is 0 Å². The van der Waals surface area contributed by atoms with Crippen LogP contribution in [0.15, 0.2) is 0 Å². The number of hydrogen-bond donors (Lipinski definition) is 0.